The summed E-state index contributed by atoms with van der Waals surface area (Å²) in [6, 6.07) is 25.3. The summed E-state index contributed by atoms with van der Waals surface area (Å²) in [5, 5.41) is 9.58. The Bertz CT molecular complexity index is 1820. The zero-order valence-corrected chi connectivity index (χ0v) is 22.9. The standard InChI is InChI=1S/C33H33N5O2/c1-22-10-9-17-37-30(22)35-31-28(33(37)40)21-27(29(34)38(31)23(2)26-13-7-4-8-14-26)32(39)36-18-15-25(16-19-36)20-24-11-5-3-6-12-24/h3-14,17,21,23,25,34H,15-16,18-20H2,1-2H3. The fraction of sp³-hybridized carbons (Fsp3) is 0.273. The first-order chi connectivity index (χ1) is 19.4. The molecule has 6 rings (SSSR count). The molecule has 40 heavy (non-hydrogen) atoms. The molecule has 3 aromatic heterocycles. The number of hydrogen-bond donors (Lipinski definition) is 1. The predicted molar refractivity (Wildman–Crippen MR) is 157 cm³/mol. The second-order valence-corrected chi connectivity index (χ2v) is 10.8. The molecule has 2 aromatic carbocycles. The number of fused-ring (bicyclic) bond motifs is 2. The number of rotatable bonds is 5. The van der Waals surface area contributed by atoms with E-state index in [1.54, 1.807) is 16.8 Å². The van der Waals surface area contributed by atoms with Crippen LogP contribution in [0.5, 0.6) is 0 Å². The van der Waals surface area contributed by atoms with Crippen molar-refractivity contribution < 1.29 is 4.79 Å². The molecule has 0 saturated carbocycles. The van der Waals surface area contributed by atoms with Crippen LogP contribution in [0.2, 0.25) is 0 Å². The summed E-state index contributed by atoms with van der Waals surface area (Å²) in [5.41, 5.74) is 4.20. The second kappa shape index (κ2) is 10.6. The maximum atomic E-state index is 13.9. The van der Waals surface area contributed by atoms with Gasteiger partial charge >= 0.3 is 0 Å². The summed E-state index contributed by atoms with van der Waals surface area (Å²) >= 11 is 0. The van der Waals surface area contributed by atoms with Gasteiger partial charge in [-0.2, -0.15) is 0 Å². The number of carbonyl (C=O) groups is 1. The average molecular weight is 532 g/mol. The normalized spacial score (nSPS) is 15.0. The van der Waals surface area contributed by atoms with Crippen molar-refractivity contribution in [3.05, 3.63) is 123 Å². The van der Waals surface area contributed by atoms with E-state index in [0.717, 1.165) is 30.4 Å². The van der Waals surface area contributed by atoms with Gasteiger partial charge in [0.05, 0.1) is 17.0 Å². The Labute approximate surface area is 232 Å². The maximum Gasteiger partial charge on any atom is 0.267 e. The summed E-state index contributed by atoms with van der Waals surface area (Å²) in [5.74, 6) is 0.317. The van der Waals surface area contributed by atoms with Gasteiger partial charge in [-0.15, -0.1) is 0 Å². The fourth-order valence-corrected chi connectivity index (χ4v) is 5.94. The molecule has 202 valence electrons. The van der Waals surface area contributed by atoms with Crippen molar-refractivity contribution in [1.82, 2.24) is 18.9 Å². The lowest BCUT2D eigenvalue weighted by Crippen LogP contribution is -2.42. The lowest BCUT2D eigenvalue weighted by Gasteiger charge is -2.32. The Morgan fingerprint density at radius 3 is 2.35 bits per heavy atom. The van der Waals surface area contributed by atoms with E-state index in [-0.39, 0.29) is 28.6 Å². The van der Waals surface area contributed by atoms with E-state index in [0.29, 0.717) is 35.7 Å². The monoisotopic (exact) mass is 531 g/mol. The molecule has 0 radical (unpaired) electrons. The van der Waals surface area contributed by atoms with E-state index in [2.05, 4.69) is 24.3 Å². The zero-order valence-electron chi connectivity index (χ0n) is 22.9. The molecule has 0 spiro atoms. The van der Waals surface area contributed by atoms with Crippen LogP contribution in [-0.2, 0) is 6.42 Å². The number of nitrogens with one attached hydrogen (secondary N) is 1. The van der Waals surface area contributed by atoms with Gasteiger partial charge in [-0.1, -0.05) is 66.7 Å². The van der Waals surface area contributed by atoms with Gasteiger partial charge in [0.15, 0.2) is 0 Å². The number of aromatic nitrogens is 3. The summed E-state index contributed by atoms with van der Waals surface area (Å²) in [6.45, 7) is 5.17. The Balaban J connectivity index is 1.42. The smallest absolute Gasteiger partial charge is 0.267 e. The maximum absolute atomic E-state index is 13.9. The Hall–Kier alpha value is -4.52. The van der Waals surface area contributed by atoms with Crippen molar-refractivity contribution in [3.63, 3.8) is 0 Å². The van der Waals surface area contributed by atoms with Gasteiger partial charge in [-0.05, 0) is 67.9 Å². The molecule has 1 fully saturated rings. The number of nitrogens with zero attached hydrogens (tertiary/aromatic N) is 4. The number of aryl methyl sites for hydroxylation is 1. The van der Waals surface area contributed by atoms with Crippen LogP contribution in [0.15, 0.2) is 89.9 Å². The number of piperidine rings is 1. The van der Waals surface area contributed by atoms with Gasteiger partial charge in [0, 0.05) is 19.3 Å². The minimum absolute atomic E-state index is 0.0742. The van der Waals surface area contributed by atoms with Gasteiger partial charge in [0.1, 0.15) is 16.8 Å². The Kier molecular flexibility index (Phi) is 6.80. The molecule has 0 aliphatic carbocycles. The second-order valence-electron chi connectivity index (χ2n) is 10.8. The molecular weight excluding hydrogens is 498 g/mol. The molecule has 1 saturated heterocycles. The highest BCUT2D eigenvalue weighted by molar-refractivity contribution is 5.97. The van der Waals surface area contributed by atoms with E-state index in [1.807, 2.05) is 67.3 Å². The van der Waals surface area contributed by atoms with Gasteiger partial charge in [0.25, 0.3) is 11.5 Å². The first-order valence-electron chi connectivity index (χ1n) is 13.9. The lowest BCUT2D eigenvalue weighted by atomic mass is 9.90. The van der Waals surface area contributed by atoms with E-state index < -0.39 is 0 Å². The molecule has 1 N–H and O–H groups in total. The van der Waals surface area contributed by atoms with E-state index in [1.165, 1.54) is 9.96 Å². The zero-order chi connectivity index (χ0) is 27.8. The third kappa shape index (κ3) is 4.62. The minimum Gasteiger partial charge on any atom is -0.339 e. The molecule has 1 aliphatic heterocycles. The largest absolute Gasteiger partial charge is 0.339 e. The van der Waals surface area contributed by atoms with Gasteiger partial charge in [-0.3, -0.25) is 19.4 Å². The fourth-order valence-electron chi connectivity index (χ4n) is 5.94. The summed E-state index contributed by atoms with van der Waals surface area (Å²) in [6.07, 6.45) is 4.54. The SMILES string of the molecule is Cc1cccn2c(=O)c3cc(C(=O)N4CCC(Cc5ccccc5)CC4)c(=N)n(C(C)c4ccccc4)c3nc12. The Morgan fingerprint density at radius 2 is 1.65 bits per heavy atom. The molecule has 1 amide bonds. The van der Waals surface area contributed by atoms with Crippen LogP contribution in [0.25, 0.3) is 16.7 Å². The highest BCUT2D eigenvalue weighted by atomic mass is 16.2. The number of amides is 1. The molecule has 1 aliphatic rings. The lowest BCUT2D eigenvalue weighted by molar-refractivity contribution is 0.0687. The molecule has 7 heteroatoms. The number of hydrogen-bond acceptors (Lipinski definition) is 4. The molecule has 0 bridgehead atoms. The summed E-state index contributed by atoms with van der Waals surface area (Å²) in [4.78, 5) is 34.4. The van der Waals surface area contributed by atoms with Crippen LogP contribution >= 0.6 is 0 Å². The molecule has 7 nitrogen and oxygen atoms in total. The average Bonchev–Trinajstić information content (AvgIpc) is 2.98. The number of carbonyl (C=O) groups excluding carboxylic acids is 1. The van der Waals surface area contributed by atoms with Crippen molar-refractivity contribution in [2.45, 2.75) is 39.2 Å². The highest BCUT2D eigenvalue weighted by Crippen LogP contribution is 2.25. The first kappa shape index (κ1) is 25.7. The first-order valence-corrected chi connectivity index (χ1v) is 13.9. The molecular formula is C33H33N5O2. The molecule has 1 unspecified atom stereocenters. The van der Waals surface area contributed by atoms with Gasteiger partial charge < -0.3 is 9.47 Å². The summed E-state index contributed by atoms with van der Waals surface area (Å²) in [7, 11) is 0. The van der Waals surface area contributed by atoms with Crippen LogP contribution in [0.1, 0.15) is 52.9 Å². The topological polar surface area (TPSA) is 83.5 Å². The molecule has 4 heterocycles. The van der Waals surface area contributed by atoms with Crippen molar-refractivity contribution in [1.29, 1.82) is 5.41 Å². The Morgan fingerprint density at radius 1 is 0.975 bits per heavy atom. The summed E-state index contributed by atoms with van der Waals surface area (Å²) < 4.78 is 3.27. The minimum atomic E-state index is -0.307. The van der Waals surface area contributed by atoms with E-state index >= 15 is 0 Å². The van der Waals surface area contributed by atoms with Crippen LogP contribution in [0.3, 0.4) is 0 Å². The molecule has 1 atom stereocenters. The van der Waals surface area contributed by atoms with Gasteiger partial charge in [0.2, 0.25) is 0 Å². The third-order valence-electron chi connectivity index (χ3n) is 8.25. The molecule has 5 aromatic rings. The van der Waals surface area contributed by atoms with Crippen molar-refractivity contribution in [3.8, 4) is 0 Å². The quantitative estimate of drug-likeness (QED) is 0.319. The van der Waals surface area contributed by atoms with Crippen molar-refractivity contribution >= 4 is 22.6 Å². The van der Waals surface area contributed by atoms with Gasteiger partial charge in [-0.25, -0.2) is 4.98 Å². The van der Waals surface area contributed by atoms with E-state index in [4.69, 9.17) is 4.98 Å². The van der Waals surface area contributed by atoms with Crippen LogP contribution < -0.4 is 11.0 Å². The van der Waals surface area contributed by atoms with Crippen LogP contribution in [0, 0.1) is 18.3 Å². The van der Waals surface area contributed by atoms with Crippen LogP contribution in [-0.4, -0.2) is 37.8 Å². The van der Waals surface area contributed by atoms with Crippen LogP contribution in [0.4, 0.5) is 0 Å². The number of likely N-dealkylation sites (tertiary alicyclic amines) is 1. The third-order valence-corrected chi connectivity index (χ3v) is 8.25. The number of benzene rings is 2. The van der Waals surface area contributed by atoms with Crippen molar-refractivity contribution in [2.75, 3.05) is 13.1 Å². The van der Waals surface area contributed by atoms with E-state index in [9.17, 15) is 15.0 Å². The predicted octanol–water partition coefficient (Wildman–Crippen LogP) is 5.14. The highest BCUT2D eigenvalue weighted by Gasteiger charge is 2.27. The van der Waals surface area contributed by atoms with Crippen molar-refractivity contribution in [2.24, 2.45) is 5.92 Å². The number of pyridine rings is 2.